The van der Waals surface area contributed by atoms with Gasteiger partial charge in [0.2, 0.25) is 0 Å². The summed E-state index contributed by atoms with van der Waals surface area (Å²) in [7, 11) is 0. The standard InChI is InChI=1S/C5H6N4O/c10-5-3-4(7-1-6-3)8-2-9-5/h1,8H,2H2,(H,6,7)(H,9,10). The number of rotatable bonds is 0. The maximum absolute atomic E-state index is 10.9. The highest BCUT2D eigenvalue weighted by Crippen LogP contribution is 2.10. The lowest BCUT2D eigenvalue weighted by atomic mass is 10.3. The van der Waals surface area contributed by atoms with E-state index in [9.17, 15) is 4.79 Å². The summed E-state index contributed by atoms with van der Waals surface area (Å²) in [6.45, 7) is 0.466. The van der Waals surface area contributed by atoms with E-state index in [0.29, 0.717) is 18.2 Å². The first-order valence-corrected chi connectivity index (χ1v) is 2.93. The second kappa shape index (κ2) is 1.73. The smallest absolute Gasteiger partial charge is 0.275 e. The van der Waals surface area contributed by atoms with Crippen LogP contribution < -0.4 is 10.6 Å². The summed E-state index contributed by atoms with van der Waals surface area (Å²) < 4.78 is 0. The number of nitrogens with zero attached hydrogens (tertiary/aromatic N) is 1. The summed E-state index contributed by atoms with van der Waals surface area (Å²) in [6, 6.07) is 0. The Morgan fingerprint density at radius 1 is 1.50 bits per heavy atom. The molecule has 0 atom stereocenters. The molecule has 0 aliphatic carbocycles. The van der Waals surface area contributed by atoms with Gasteiger partial charge in [0.05, 0.1) is 13.0 Å². The van der Waals surface area contributed by atoms with Gasteiger partial charge in [-0.2, -0.15) is 0 Å². The van der Waals surface area contributed by atoms with Crippen molar-refractivity contribution >= 4 is 11.7 Å². The van der Waals surface area contributed by atoms with E-state index in [1.807, 2.05) is 0 Å². The normalized spacial score (nSPS) is 15.4. The molecule has 5 nitrogen and oxygen atoms in total. The van der Waals surface area contributed by atoms with Crippen molar-refractivity contribution in [3.63, 3.8) is 0 Å². The predicted octanol–water partition coefficient (Wildman–Crippen LogP) is -0.478. The maximum atomic E-state index is 10.9. The number of amides is 1. The summed E-state index contributed by atoms with van der Waals surface area (Å²) in [5, 5.41) is 5.51. The van der Waals surface area contributed by atoms with Crippen LogP contribution in [0.2, 0.25) is 0 Å². The van der Waals surface area contributed by atoms with Crippen LogP contribution >= 0.6 is 0 Å². The highest BCUT2D eigenvalue weighted by atomic mass is 16.2. The molecular weight excluding hydrogens is 132 g/mol. The summed E-state index contributed by atoms with van der Waals surface area (Å²) in [4.78, 5) is 17.5. The molecule has 0 fully saturated rings. The third kappa shape index (κ3) is 0.570. The first-order valence-electron chi connectivity index (χ1n) is 2.93. The quantitative estimate of drug-likeness (QED) is 0.453. The number of nitrogens with one attached hydrogen (secondary N) is 3. The number of anilines is 1. The molecule has 5 heteroatoms. The number of hydrogen-bond acceptors (Lipinski definition) is 3. The molecule has 0 unspecified atom stereocenters. The zero-order valence-electron chi connectivity index (χ0n) is 5.14. The molecule has 0 bridgehead atoms. The molecule has 52 valence electrons. The lowest BCUT2D eigenvalue weighted by Crippen LogP contribution is -2.34. The zero-order chi connectivity index (χ0) is 6.97. The second-order valence-electron chi connectivity index (χ2n) is 1.99. The lowest BCUT2D eigenvalue weighted by molar-refractivity contribution is 0.0948. The van der Waals surface area contributed by atoms with Crippen molar-refractivity contribution in [2.75, 3.05) is 12.0 Å². The molecule has 0 saturated heterocycles. The van der Waals surface area contributed by atoms with E-state index >= 15 is 0 Å². The molecule has 0 radical (unpaired) electrons. The zero-order valence-corrected chi connectivity index (χ0v) is 5.14. The minimum atomic E-state index is -0.130. The van der Waals surface area contributed by atoms with Crippen molar-refractivity contribution in [3.8, 4) is 0 Å². The van der Waals surface area contributed by atoms with Crippen LogP contribution in [0.4, 0.5) is 5.82 Å². The Morgan fingerprint density at radius 2 is 2.40 bits per heavy atom. The number of hydrogen-bond donors (Lipinski definition) is 3. The molecule has 1 amide bonds. The number of fused-ring (bicyclic) bond motifs is 1. The second-order valence-corrected chi connectivity index (χ2v) is 1.99. The number of carbonyl (C=O) groups excluding carboxylic acids is 1. The predicted molar refractivity (Wildman–Crippen MR) is 34.5 cm³/mol. The third-order valence-electron chi connectivity index (χ3n) is 1.37. The van der Waals surface area contributed by atoms with Crippen LogP contribution in [0.25, 0.3) is 0 Å². The summed E-state index contributed by atoms with van der Waals surface area (Å²) in [6.07, 6.45) is 1.49. The number of aromatic amines is 1. The van der Waals surface area contributed by atoms with Gasteiger partial charge in [-0.25, -0.2) is 4.98 Å². The Labute approximate surface area is 56.8 Å². The molecule has 3 N–H and O–H groups in total. The molecule has 10 heavy (non-hydrogen) atoms. The molecule has 1 aromatic rings. The number of H-pyrrole nitrogens is 1. The topological polar surface area (TPSA) is 69.8 Å². The molecule has 1 aliphatic heterocycles. The minimum Gasteiger partial charge on any atom is -0.352 e. The van der Waals surface area contributed by atoms with E-state index in [4.69, 9.17) is 0 Å². The van der Waals surface area contributed by atoms with Crippen molar-refractivity contribution < 1.29 is 4.79 Å². The Balaban J connectivity index is 2.50. The number of imidazole rings is 1. The molecule has 2 rings (SSSR count). The van der Waals surface area contributed by atoms with Crippen molar-refractivity contribution in [1.82, 2.24) is 15.3 Å². The fourth-order valence-electron chi connectivity index (χ4n) is 0.898. The van der Waals surface area contributed by atoms with E-state index in [2.05, 4.69) is 20.6 Å². The van der Waals surface area contributed by atoms with E-state index in [1.54, 1.807) is 0 Å². The van der Waals surface area contributed by atoms with Crippen LogP contribution in [-0.2, 0) is 0 Å². The van der Waals surface area contributed by atoms with Crippen LogP contribution in [0.1, 0.15) is 10.5 Å². The molecule has 2 heterocycles. The molecule has 0 spiro atoms. The molecule has 0 aromatic carbocycles. The van der Waals surface area contributed by atoms with Gasteiger partial charge in [0, 0.05) is 0 Å². The number of carbonyl (C=O) groups is 1. The van der Waals surface area contributed by atoms with Crippen molar-refractivity contribution in [2.24, 2.45) is 0 Å². The van der Waals surface area contributed by atoms with Gasteiger partial charge in [0.1, 0.15) is 5.82 Å². The summed E-state index contributed by atoms with van der Waals surface area (Å²) >= 11 is 0. The summed E-state index contributed by atoms with van der Waals surface area (Å²) in [5.41, 5.74) is 0.436. The fraction of sp³-hybridized carbons (Fsp3) is 0.200. The van der Waals surface area contributed by atoms with Gasteiger partial charge in [-0.3, -0.25) is 4.79 Å². The molecule has 1 aromatic heterocycles. The van der Waals surface area contributed by atoms with Gasteiger partial charge in [0.15, 0.2) is 5.69 Å². The minimum absolute atomic E-state index is 0.130. The van der Waals surface area contributed by atoms with Crippen molar-refractivity contribution in [1.29, 1.82) is 0 Å². The average molecular weight is 138 g/mol. The summed E-state index contributed by atoms with van der Waals surface area (Å²) in [5.74, 6) is 0.568. The molecule has 0 saturated carbocycles. The Bertz CT molecular complexity index is 266. The van der Waals surface area contributed by atoms with Gasteiger partial charge >= 0.3 is 0 Å². The van der Waals surface area contributed by atoms with Crippen molar-refractivity contribution in [2.45, 2.75) is 0 Å². The first-order chi connectivity index (χ1) is 4.88. The highest BCUT2D eigenvalue weighted by Gasteiger charge is 2.17. The van der Waals surface area contributed by atoms with Crippen LogP contribution in [0, 0.1) is 0 Å². The van der Waals surface area contributed by atoms with Crippen LogP contribution in [-0.4, -0.2) is 22.5 Å². The first kappa shape index (κ1) is 5.28. The third-order valence-corrected chi connectivity index (χ3v) is 1.37. The van der Waals surface area contributed by atoms with E-state index < -0.39 is 0 Å². The van der Waals surface area contributed by atoms with Gasteiger partial charge in [0.25, 0.3) is 5.91 Å². The van der Waals surface area contributed by atoms with E-state index in [-0.39, 0.29) is 5.91 Å². The largest absolute Gasteiger partial charge is 0.352 e. The number of aromatic nitrogens is 2. The monoisotopic (exact) mass is 138 g/mol. The van der Waals surface area contributed by atoms with Crippen molar-refractivity contribution in [3.05, 3.63) is 12.0 Å². The molecular formula is C5H6N4O. The van der Waals surface area contributed by atoms with Gasteiger partial charge in [-0.1, -0.05) is 0 Å². The van der Waals surface area contributed by atoms with Crippen LogP contribution in [0.3, 0.4) is 0 Å². The molecule has 1 aliphatic rings. The Kier molecular flexibility index (Phi) is 0.913. The highest BCUT2D eigenvalue weighted by molar-refractivity contribution is 5.98. The van der Waals surface area contributed by atoms with Gasteiger partial charge in [-0.15, -0.1) is 0 Å². The van der Waals surface area contributed by atoms with Gasteiger partial charge < -0.3 is 15.6 Å². The fourth-order valence-corrected chi connectivity index (χ4v) is 0.898. The maximum Gasteiger partial charge on any atom is 0.275 e. The van der Waals surface area contributed by atoms with Crippen LogP contribution in [0.5, 0.6) is 0 Å². The average Bonchev–Trinajstić information content (AvgIpc) is 2.36. The lowest BCUT2D eigenvalue weighted by Gasteiger charge is -2.12. The van der Waals surface area contributed by atoms with E-state index in [1.165, 1.54) is 6.33 Å². The Hall–Kier alpha value is -1.52. The Morgan fingerprint density at radius 3 is 3.20 bits per heavy atom. The van der Waals surface area contributed by atoms with Gasteiger partial charge in [-0.05, 0) is 0 Å². The van der Waals surface area contributed by atoms with Crippen LogP contribution in [0.15, 0.2) is 6.33 Å². The van der Waals surface area contributed by atoms with E-state index in [0.717, 1.165) is 0 Å². The SMILES string of the molecule is O=C1NCNc2[nH]cnc21.